The summed E-state index contributed by atoms with van der Waals surface area (Å²) in [5, 5.41) is 7.64. The molecule has 2 aliphatic heterocycles. The summed E-state index contributed by atoms with van der Waals surface area (Å²) in [6.07, 6.45) is 5.56. The van der Waals surface area contributed by atoms with Crippen LogP contribution < -0.4 is 5.32 Å². The molecule has 3 rings (SSSR count). The Morgan fingerprint density at radius 3 is 3.05 bits per heavy atom. The average molecular weight is 278 g/mol. The fourth-order valence-corrected chi connectivity index (χ4v) is 4.15. The topological polar surface area (TPSA) is 32.3 Å². The van der Waals surface area contributed by atoms with Crippen molar-refractivity contribution in [3.63, 3.8) is 0 Å². The summed E-state index contributed by atoms with van der Waals surface area (Å²) in [4.78, 5) is 14.5. The molecule has 0 radical (unpaired) electrons. The summed E-state index contributed by atoms with van der Waals surface area (Å²) >= 11 is 1.67. The van der Waals surface area contributed by atoms with Crippen LogP contribution in [0.15, 0.2) is 16.8 Å². The molecular weight excluding hydrogens is 256 g/mol. The van der Waals surface area contributed by atoms with E-state index >= 15 is 0 Å². The van der Waals surface area contributed by atoms with Gasteiger partial charge in [0, 0.05) is 25.0 Å². The molecule has 0 saturated carbocycles. The van der Waals surface area contributed by atoms with Gasteiger partial charge in [0.05, 0.1) is 6.42 Å². The quantitative estimate of drug-likeness (QED) is 0.900. The van der Waals surface area contributed by atoms with E-state index in [4.69, 9.17) is 0 Å². The molecular formula is C15H22N2OS. The number of nitrogens with zero attached hydrogens (tertiary/aromatic N) is 1. The first-order valence-electron chi connectivity index (χ1n) is 7.27. The lowest BCUT2D eigenvalue weighted by molar-refractivity contribution is -0.134. The standard InChI is InChI=1S/C15H22N2OS/c18-14(9-13-3-8-19-10-13)17-7-2-5-15(12-17)4-1-6-16-11-15/h3,8,10,16H,1-2,4-7,9,11-12H2. The van der Waals surface area contributed by atoms with E-state index in [1.54, 1.807) is 11.3 Å². The van der Waals surface area contributed by atoms with Crippen molar-refractivity contribution in [2.24, 2.45) is 5.41 Å². The summed E-state index contributed by atoms with van der Waals surface area (Å²) in [7, 11) is 0. The van der Waals surface area contributed by atoms with Crippen LogP contribution in [0.1, 0.15) is 31.2 Å². The summed E-state index contributed by atoms with van der Waals surface area (Å²) < 4.78 is 0. The normalized spacial score (nSPS) is 27.7. The van der Waals surface area contributed by atoms with Crippen molar-refractivity contribution in [1.82, 2.24) is 10.2 Å². The SMILES string of the molecule is O=C(Cc1ccsc1)N1CCCC2(CCCNC2)C1. The van der Waals surface area contributed by atoms with Gasteiger partial charge < -0.3 is 10.2 Å². The predicted molar refractivity (Wildman–Crippen MR) is 78.4 cm³/mol. The van der Waals surface area contributed by atoms with Gasteiger partial charge in [-0.1, -0.05) is 0 Å². The zero-order valence-electron chi connectivity index (χ0n) is 11.4. The highest BCUT2D eigenvalue weighted by atomic mass is 32.1. The van der Waals surface area contributed by atoms with Crippen LogP contribution >= 0.6 is 11.3 Å². The number of piperidine rings is 2. The Kier molecular flexibility index (Phi) is 3.89. The van der Waals surface area contributed by atoms with Crippen molar-refractivity contribution < 1.29 is 4.79 Å². The van der Waals surface area contributed by atoms with Gasteiger partial charge in [-0.3, -0.25) is 4.79 Å². The molecule has 19 heavy (non-hydrogen) atoms. The second-order valence-electron chi connectivity index (χ2n) is 6.01. The highest BCUT2D eigenvalue weighted by molar-refractivity contribution is 7.07. The fraction of sp³-hybridized carbons (Fsp3) is 0.667. The third-order valence-electron chi connectivity index (χ3n) is 4.51. The number of carbonyl (C=O) groups excluding carboxylic acids is 1. The molecule has 104 valence electrons. The number of nitrogens with one attached hydrogen (secondary N) is 1. The average Bonchev–Trinajstić information content (AvgIpc) is 2.92. The highest BCUT2D eigenvalue weighted by Crippen LogP contribution is 2.36. The van der Waals surface area contributed by atoms with Crippen molar-refractivity contribution in [3.8, 4) is 0 Å². The number of thiophene rings is 1. The van der Waals surface area contributed by atoms with Gasteiger partial charge in [0.1, 0.15) is 0 Å². The van der Waals surface area contributed by atoms with Crippen LogP contribution in [0.2, 0.25) is 0 Å². The van der Waals surface area contributed by atoms with Crippen LogP contribution in [0.5, 0.6) is 0 Å². The van der Waals surface area contributed by atoms with Crippen LogP contribution in [0.4, 0.5) is 0 Å². The van der Waals surface area contributed by atoms with Gasteiger partial charge in [-0.05, 0) is 54.6 Å². The molecule has 0 bridgehead atoms. The van der Waals surface area contributed by atoms with Gasteiger partial charge in [-0.2, -0.15) is 11.3 Å². The zero-order chi connectivity index (χ0) is 13.1. The van der Waals surface area contributed by atoms with Crippen molar-refractivity contribution >= 4 is 17.2 Å². The first kappa shape index (κ1) is 13.1. The van der Waals surface area contributed by atoms with Gasteiger partial charge in [-0.25, -0.2) is 0 Å². The molecule has 1 N–H and O–H groups in total. The summed E-state index contributed by atoms with van der Waals surface area (Å²) in [6.45, 7) is 4.15. The minimum atomic E-state index is 0.308. The third kappa shape index (κ3) is 3.00. The number of amides is 1. The van der Waals surface area contributed by atoms with E-state index in [1.165, 1.54) is 19.3 Å². The Balaban J connectivity index is 1.62. The summed E-state index contributed by atoms with van der Waals surface area (Å²) in [5.74, 6) is 0.308. The Labute approximate surface area is 119 Å². The highest BCUT2D eigenvalue weighted by Gasteiger charge is 2.37. The van der Waals surface area contributed by atoms with Gasteiger partial charge in [0.15, 0.2) is 0 Å². The van der Waals surface area contributed by atoms with E-state index in [-0.39, 0.29) is 0 Å². The molecule has 2 saturated heterocycles. The van der Waals surface area contributed by atoms with E-state index in [9.17, 15) is 4.79 Å². The smallest absolute Gasteiger partial charge is 0.227 e. The first-order valence-corrected chi connectivity index (χ1v) is 8.21. The second-order valence-corrected chi connectivity index (χ2v) is 6.79. The van der Waals surface area contributed by atoms with E-state index < -0.39 is 0 Å². The maximum atomic E-state index is 12.4. The van der Waals surface area contributed by atoms with Crippen LogP contribution in [0.3, 0.4) is 0 Å². The molecule has 3 nitrogen and oxygen atoms in total. The van der Waals surface area contributed by atoms with E-state index in [2.05, 4.69) is 21.7 Å². The molecule has 2 aliphatic rings. The molecule has 0 aromatic carbocycles. The Morgan fingerprint density at radius 1 is 1.42 bits per heavy atom. The number of carbonyl (C=O) groups is 1. The van der Waals surface area contributed by atoms with E-state index in [0.717, 1.165) is 38.2 Å². The molecule has 3 heterocycles. The van der Waals surface area contributed by atoms with Gasteiger partial charge in [-0.15, -0.1) is 0 Å². The van der Waals surface area contributed by atoms with Crippen molar-refractivity contribution in [2.75, 3.05) is 26.2 Å². The summed E-state index contributed by atoms with van der Waals surface area (Å²) in [6, 6.07) is 2.06. The van der Waals surface area contributed by atoms with Crippen LogP contribution in [0.25, 0.3) is 0 Å². The molecule has 1 amide bonds. The van der Waals surface area contributed by atoms with Gasteiger partial charge in [0.2, 0.25) is 5.91 Å². The first-order chi connectivity index (χ1) is 9.27. The number of hydrogen-bond donors (Lipinski definition) is 1. The van der Waals surface area contributed by atoms with Crippen LogP contribution in [-0.2, 0) is 11.2 Å². The van der Waals surface area contributed by atoms with Crippen molar-refractivity contribution in [3.05, 3.63) is 22.4 Å². The number of likely N-dealkylation sites (tertiary alicyclic amines) is 1. The minimum absolute atomic E-state index is 0.308. The lowest BCUT2D eigenvalue weighted by Crippen LogP contribution is -2.52. The molecule has 1 atom stereocenters. The monoisotopic (exact) mass is 278 g/mol. The molecule has 1 aromatic rings. The molecule has 1 unspecified atom stereocenters. The maximum Gasteiger partial charge on any atom is 0.227 e. The number of hydrogen-bond acceptors (Lipinski definition) is 3. The predicted octanol–water partition coefficient (Wildman–Crippen LogP) is 2.28. The fourth-order valence-electron chi connectivity index (χ4n) is 3.48. The summed E-state index contributed by atoms with van der Waals surface area (Å²) in [5.41, 5.74) is 1.53. The van der Waals surface area contributed by atoms with Crippen molar-refractivity contribution in [2.45, 2.75) is 32.1 Å². The van der Waals surface area contributed by atoms with Gasteiger partial charge >= 0.3 is 0 Å². The molecule has 2 fully saturated rings. The second kappa shape index (κ2) is 5.63. The lowest BCUT2D eigenvalue weighted by Gasteiger charge is -2.45. The van der Waals surface area contributed by atoms with Crippen molar-refractivity contribution in [1.29, 1.82) is 0 Å². The number of rotatable bonds is 2. The molecule has 4 heteroatoms. The lowest BCUT2D eigenvalue weighted by atomic mass is 9.74. The zero-order valence-corrected chi connectivity index (χ0v) is 12.2. The Hall–Kier alpha value is -0.870. The largest absolute Gasteiger partial charge is 0.342 e. The third-order valence-corrected chi connectivity index (χ3v) is 5.24. The molecule has 1 aromatic heterocycles. The van der Waals surface area contributed by atoms with Crippen LogP contribution in [-0.4, -0.2) is 37.0 Å². The Bertz CT molecular complexity index is 418. The van der Waals surface area contributed by atoms with E-state index in [0.29, 0.717) is 17.7 Å². The minimum Gasteiger partial charge on any atom is -0.342 e. The van der Waals surface area contributed by atoms with Gasteiger partial charge in [0.25, 0.3) is 0 Å². The maximum absolute atomic E-state index is 12.4. The Morgan fingerprint density at radius 2 is 2.32 bits per heavy atom. The molecule has 0 aliphatic carbocycles. The van der Waals surface area contributed by atoms with Crippen LogP contribution in [0, 0.1) is 5.41 Å². The van der Waals surface area contributed by atoms with E-state index in [1.807, 2.05) is 5.38 Å². The molecule has 1 spiro atoms.